The molecule has 20 N–H and O–H groups in total. The molecule has 13 atom stereocenters. The molecule has 0 fully saturated rings. The van der Waals surface area contributed by atoms with E-state index in [9.17, 15) is 97.1 Å². The first-order valence-electron chi connectivity index (χ1n) is 42.5. The zero-order valence-electron chi connectivity index (χ0n) is 71.6. The van der Waals surface area contributed by atoms with E-state index in [1.807, 2.05) is 0 Å². The minimum atomic E-state index is -1.84. The van der Waals surface area contributed by atoms with E-state index in [-0.39, 0.29) is 70.3 Å². The van der Waals surface area contributed by atoms with E-state index in [2.05, 4.69) is 70.4 Å². The van der Waals surface area contributed by atoms with Gasteiger partial charge in [-0.15, -0.1) is 0 Å². The highest BCUT2D eigenvalue weighted by Gasteiger charge is 2.41. The average Bonchev–Trinajstić information content (AvgIpc) is 1.78. The van der Waals surface area contributed by atoms with Crippen molar-refractivity contribution in [3.8, 4) is 0 Å². The number of fused-ring (bicyclic) bond motifs is 1. The molecule has 1 heterocycles. The molecule has 122 heavy (non-hydrogen) atoms. The summed E-state index contributed by atoms with van der Waals surface area (Å²) in [6, 6.07) is -3.70. The van der Waals surface area contributed by atoms with Gasteiger partial charge in [-0.1, -0.05) is 167 Å². The number of H-pyrrole nitrogens is 1. The van der Waals surface area contributed by atoms with E-state index in [0.29, 0.717) is 39.6 Å². The number of nitrogens with zero attached hydrogens (tertiary/aromatic N) is 1. The summed E-state index contributed by atoms with van der Waals surface area (Å²) in [5, 5.41) is 66.8. The summed E-state index contributed by atoms with van der Waals surface area (Å²) in [5.74, 6) is -18.8. The van der Waals surface area contributed by atoms with Crippen LogP contribution >= 0.6 is 0 Å². The Hall–Kier alpha value is -11.2. The number of carbonyl (C=O) groups is 18. The predicted molar refractivity (Wildman–Crippen MR) is 451 cm³/mol. The van der Waals surface area contributed by atoms with E-state index < -0.39 is 231 Å². The molecule has 3 aromatic rings. The molecule has 0 bridgehead atoms. The molecule has 1 aromatic heterocycles. The molecule has 2 aromatic carbocycles. The van der Waals surface area contributed by atoms with Gasteiger partial charge in [-0.25, -0.2) is 0 Å². The van der Waals surface area contributed by atoms with Gasteiger partial charge in [-0.05, 0) is 108 Å². The Morgan fingerprint density at radius 2 is 0.869 bits per heavy atom. The lowest BCUT2D eigenvalue weighted by atomic mass is 9.96. The number of para-hydroxylation sites is 1. The predicted octanol–water partition coefficient (Wildman–Crippen LogP) is 3.39. The number of nitrogens with one attached hydrogen (secondary N) is 12. The quantitative estimate of drug-likeness (QED) is 0.0284. The SMILES string of the molecule is CCCCCCCCCCCCCCCC(=O)N[C@@H](CCC(=O)O)C(=O)NCCCC[C@H](NC(=O)[C@H](C)NC(=O)[C@H](C)NC(=O)[C@H](CCC(=O)O)NC(=O)CN)C(=O)N[C@@H](CCC(=O)O)C(=O)N[C@@H](Cc1ccccc1)C(=O)N[C@H](C(=O)N[C@@H](C)C(=O)N(C(=O)[C@H](CCC(=O)O)NC(=O)[C@@H](N)CC(C)C)[C@H](C=O)Cc1c[nH]c2ccccc12)[C@@H](C)CC. The molecule has 13 amide bonds. The Bertz CT molecular complexity index is 3930. The maximum Gasteiger partial charge on any atom is 0.303 e. The molecule has 0 aliphatic carbocycles. The van der Waals surface area contributed by atoms with Crippen LogP contribution in [0.3, 0.4) is 0 Å². The minimum absolute atomic E-state index is 0.0228. The zero-order valence-corrected chi connectivity index (χ0v) is 71.6. The van der Waals surface area contributed by atoms with Crippen molar-refractivity contribution in [3.05, 3.63) is 71.9 Å². The maximum absolute atomic E-state index is 15.1. The van der Waals surface area contributed by atoms with Gasteiger partial charge in [-0.3, -0.25) is 86.4 Å². The first kappa shape index (κ1) is 105. The monoisotopic (exact) mass is 1710 g/mol. The number of benzene rings is 2. The number of carboxylic acids is 4. The van der Waals surface area contributed by atoms with Gasteiger partial charge >= 0.3 is 23.9 Å². The second kappa shape index (κ2) is 57.1. The number of aliphatic carboxylic acids is 4. The van der Waals surface area contributed by atoms with Gasteiger partial charge in [0.05, 0.1) is 18.6 Å². The van der Waals surface area contributed by atoms with Crippen molar-refractivity contribution in [2.24, 2.45) is 23.3 Å². The van der Waals surface area contributed by atoms with Crippen molar-refractivity contribution in [3.63, 3.8) is 0 Å². The van der Waals surface area contributed by atoms with Crippen LogP contribution in [-0.4, -0.2) is 223 Å². The summed E-state index contributed by atoms with van der Waals surface area (Å²) in [5.41, 5.74) is 13.1. The van der Waals surface area contributed by atoms with Crippen LogP contribution in [0.5, 0.6) is 0 Å². The van der Waals surface area contributed by atoms with Gasteiger partial charge in [0, 0.05) is 68.6 Å². The Kier molecular flexibility index (Phi) is 49.1. The second-order valence-electron chi connectivity index (χ2n) is 31.5. The van der Waals surface area contributed by atoms with Crippen LogP contribution in [0.25, 0.3) is 10.9 Å². The van der Waals surface area contributed by atoms with Crippen molar-refractivity contribution >= 4 is 118 Å². The Balaban J connectivity index is 2.02. The number of imide groups is 1. The second-order valence-corrected chi connectivity index (χ2v) is 31.5. The highest BCUT2D eigenvalue weighted by atomic mass is 16.4. The van der Waals surface area contributed by atoms with Crippen LogP contribution in [0.15, 0.2) is 60.8 Å². The van der Waals surface area contributed by atoms with Crippen LogP contribution in [0, 0.1) is 11.8 Å². The largest absolute Gasteiger partial charge is 0.481 e. The van der Waals surface area contributed by atoms with Crippen LogP contribution in [0.2, 0.25) is 0 Å². The standard InChI is InChI=1S/C85H131N15O22/c1-9-11-12-13-14-15-16-17-18-19-20-21-25-35-68(102)93-63(36-40-70(104)105)78(115)88-44-29-28-34-62(95-76(113)54(7)90-75(112)53(6)91-79(116)64(37-41-71(106)107)94-69(103)48-86)80(117)96-65(38-42-72(108)109)81(118)98-67(46-56-30-23-22-24-31-56)82(119)99-74(52(5)10-2)83(120)92-55(8)84(121)100(58(50-101)47-57-49-89-61-33-27-26-32-59(57)61)85(122)66(39-43-73(110)111)97-77(114)60(87)45-51(3)4/h22-24,26-27,30-33,49-55,58,60,62-67,74,89H,9-21,25,28-29,34-48,86-87H2,1-8H3,(H,88,115)(H,90,112)(H,91,116)(H,92,120)(H,93,102)(H,94,103)(H,95,113)(H,96,117)(H,97,114)(H,98,118)(H,99,119)(H,104,105)(H,106,107)(H,108,109)(H,110,111)/t52-,53-,54-,55-,58-,60-,62-,63-,64-,65-,66-,67-,74-/m0/s1. The Morgan fingerprint density at radius 3 is 1.40 bits per heavy atom. The number of hydrogen-bond donors (Lipinski definition) is 18. The number of unbranched alkanes of at least 4 members (excludes halogenated alkanes) is 13. The molecule has 0 spiro atoms. The number of rotatable bonds is 63. The summed E-state index contributed by atoms with van der Waals surface area (Å²) >= 11 is 0. The van der Waals surface area contributed by atoms with E-state index in [0.717, 1.165) is 32.1 Å². The summed E-state index contributed by atoms with van der Waals surface area (Å²) in [6.07, 6.45) is 11.1. The topological polar surface area (TPSA) is 592 Å². The van der Waals surface area contributed by atoms with Crippen molar-refractivity contribution in [2.75, 3.05) is 13.1 Å². The van der Waals surface area contributed by atoms with Crippen LogP contribution < -0.4 is 70.0 Å². The summed E-state index contributed by atoms with van der Waals surface area (Å²) in [6.45, 7) is 11.9. The molecule has 0 saturated heterocycles. The molecule has 0 aliphatic heterocycles. The molecule has 678 valence electrons. The van der Waals surface area contributed by atoms with E-state index in [4.69, 9.17) is 11.5 Å². The number of amides is 13. The fraction of sp³-hybridized carbons (Fsp3) is 0.624. The molecule has 0 radical (unpaired) electrons. The molecule has 0 saturated carbocycles. The molecule has 0 unspecified atom stereocenters. The Labute approximate surface area is 712 Å². The normalized spacial score (nSPS) is 14.4. The number of aldehydes is 1. The van der Waals surface area contributed by atoms with E-state index in [1.54, 1.807) is 88.5 Å². The third kappa shape index (κ3) is 40.0. The van der Waals surface area contributed by atoms with E-state index in [1.165, 1.54) is 65.7 Å². The highest BCUT2D eigenvalue weighted by Crippen LogP contribution is 2.23. The lowest BCUT2D eigenvalue weighted by Crippen LogP contribution is -2.62. The van der Waals surface area contributed by atoms with Gasteiger partial charge in [-0.2, -0.15) is 0 Å². The minimum Gasteiger partial charge on any atom is -0.481 e. The van der Waals surface area contributed by atoms with Gasteiger partial charge in [0.15, 0.2) is 0 Å². The summed E-state index contributed by atoms with van der Waals surface area (Å²) < 4.78 is 0. The van der Waals surface area contributed by atoms with Gasteiger partial charge in [0.1, 0.15) is 66.7 Å². The lowest BCUT2D eigenvalue weighted by Gasteiger charge is -2.33. The number of carboxylic acid groups (broad SMARTS) is 4. The van der Waals surface area contributed by atoms with Crippen molar-refractivity contribution < 1.29 is 107 Å². The molecule has 37 heteroatoms. The average molecular weight is 1720 g/mol. The number of hydrogen-bond acceptors (Lipinski definition) is 20. The smallest absolute Gasteiger partial charge is 0.303 e. The first-order chi connectivity index (χ1) is 57.9. The number of carbonyl (C=O) groups excluding carboxylic acids is 14. The molecule has 0 aliphatic rings. The van der Waals surface area contributed by atoms with Gasteiger partial charge < -0.3 is 100 Å². The first-order valence-corrected chi connectivity index (χ1v) is 42.5. The fourth-order valence-corrected chi connectivity index (χ4v) is 13.5. The lowest BCUT2D eigenvalue weighted by molar-refractivity contribution is -0.154. The van der Waals surface area contributed by atoms with Crippen LogP contribution in [0.4, 0.5) is 0 Å². The van der Waals surface area contributed by atoms with Crippen LogP contribution in [0.1, 0.15) is 240 Å². The molecular formula is C85H131N15O22. The zero-order chi connectivity index (χ0) is 91.0. The maximum atomic E-state index is 15.1. The van der Waals surface area contributed by atoms with Gasteiger partial charge in [0.25, 0.3) is 11.8 Å². The van der Waals surface area contributed by atoms with Crippen LogP contribution in [-0.2, 0) is 99.1 Å². The van der Waals surface area contributed by atoms with E-state index >= 15 is 9.59 Å². The fourth-order valence-electron chi connectivity index (χ4n) is 13.5. The molecular weight excluding hydrogens is 1580 g/mol. The number of nitrogens with two attached hydrogens (primary N) is 2. The Morgan fingerprint density at radius 1 is 0.426 bits per heavy atom. The third-order valence-corrected chi connectivity index (χ3v) is 20.8. The van der Waals surface area contributed by atoms with Crippen molar-refractivity contribution in [1.29, 1.82) is 0 Å². The molecule has 37 nitrogen and oxygen atoms in total. The number of aromatic amines is 1. The third-order valence-electron chi connectivity index (χ3n) is 20.8. The summed E-state index contributed by atoms with van der Waals surface area (Å²) in [4.78, 5) is 248. The number of aromatic nitrogens is 1. The highest BCUT2D eigenvalue weighted by molar-refractivity contribution is 6.05. The van der Waals surface area contributed by atoms with Gasteiger partial charge in [0.2, 0.25) is 65.0 Å². The van der Waals surface area contributed by atoms with Crippen molar-refractivity contribution in [1.82, 2.24) is 68.4 Å². The summed E-state index contributed by atoms with van der Waals surface area (Å²) in [7, 11) is 0. The van der Waals surface area contributed by atoms with Crippen molar-refractivity contribution in [2.45, 2.75) is 314 Å². The molecule has 3 rings (SSSR count).